The van der Waals surface area contributed by atoms with Gasteiger partial charge in [0, 0.05) is 23.5 Å². The fraction of sp³-hybridized carbons (Fsp3) is 0.471. The van der Waals surface area contributed by atoms with Gasteiger partial charge in [-0.15, -0.1) is 0 Å². The van der Waals surface area contributed by atoms with Crippen LogP contribution in [-0.4, -0.2) is 42.9 Å². The summed E-state index contributed by atoms with van der Waals surface area (Å²) in [5.74, 6) is 2.31. The second-order valence-corrected chi connectivity index (χ2v) is 11.0. The van der Waals surface area contributed by atoms with E-state index in [0.29, 0.717) is 6.61 Å². The van der Waals surface area contributed by atoms with Crippen LogP contribution >= 0.6 is 0 Å². The van der Waals surface area contributed by atoms with E-state index >= 15 is 0 Å². The molecule has 1 saturated heterocycles. The van der Waals surface area contributed by atoms with Crippen LogP contribution in [0.25, 0.3) is 0 Å². The van der Waals surface area contributed by atoms with Crippen LogP contribution in [0.1, 0.15) is 86.3 Å². The molecule has 2 aliphatic rings. The van der Waals surface area contributed by atoms with Crippen LogP contribution in [0.3, 0.4) is 0 Å². The molecule has 0 amide bonds. The molecule has 0 spiro atoms. The smallest absolute Gasteiger partial charge is 0.126 e. The summed E-state index contributed by atoms with van der Waals surface area (Å²) in [4.78, 5) is 2.62. The van der Waals surface area contributed by atoms with Gasteiger partial charge in [-0.25, -0.2) is 0 Å². The predicted octanol–water partition coefficient (Wildman–Crippen LogP) is 7.91. The topological polar surface area (TPSA) is 41.9 Å². The van der Waals surface area contributed by atoms with Crippen LogP contribution in [0.2, 0.25) is 0 Å². The van der Waals surface area contributed by atoms with Gasteiger partial charge >= 0.3 is 0 Å². The molecule has 0 unspecified atom stereocenters. The van der Waals surface area contributed by atoms with Crippen molar-refractivity contribution < 1.29 is 14.6 Å². The predicted molar refractivity (Wildman–Crippen MR) is 155 cm³/mol. The molecular weight excluding hydrogens is 470 g/mol. The van der Waals surface area contributed by atoms with Gasteiger partial charge in [-0.2, -0.15) is 0 Å². The molecule has 4 nitrogen and oxygen atoms in total. The van der Waals surface area contributed by atoms with E-state index in [9.17, 15) is 5.11 Å². The molecule has 0 saturated carbocycles. The van der Waals surface area contributed by atoms with Crippen molar-refractivity contribution in [2.45, 2.75) is 69.6 Å². The highest BCUT2D eigenvalue weighted by molar-refractivity contribution is 5.50. The first-order chi connectivity index (χ1) is 18.8. The zero-order chi connectivity index (χ0) is 26.0. The van der Waals surface area contributed by atoms with Gasteiger partial charge in [0.15, 0.2) is 0 Å². The van der Waals surface area contributed by atoms with Crippen molar-refractivity contribution in [1.82, 2.24) is 4.90 Å². The van der Waals surface area contributed by atoms with Gasteiger partial charge < -0.3 is 19.5 Å². The normalized spacial score (nSPS) is 19.2. The highest BCUT2D eigenvalue weighted by Crippen LogP contribution is 2.47. The van der Waals surface area contributed by atoms with Crippen molar-refractivity contribution in [1.29, 1.82) is 0 Å². The number of likely N-dealkylation sites (tertiary alicyclic amines) is 1. The number of fused-ring (bicyclic) bond motifs is 1. The molecule has 2 heterocycles. The van der Waals surface area contributed by atoms with Crippen LogP contribution in [-0.2, 0) is 0 Å². The zero-order valence-corrected chi connectivity index (χ0v) is 22.7. The largest absolute Gasteiger partial charge is 0.508 e. The summed E-state index contributed by atoms with van der Waals surface area (Å²) in [7, 11) is 0. The van der Waals surface area contributed by atoms with Crippen molar-refractivity contribution in [3.63, 3.8) is 0 Å². The van der Waals surface area contributed by atoms with Crippen LogP contribution in [0.5, 0.6) is 17.2 Å². The molecule has 0 bridgehead atoms. The molecule has 2 atom stereocenters. The molecule has 3 aromatic carbocycles. The Bertz CT molecular complexity index is 1110. The van der Waals surface area contributed by atoms with Gasteiger partial charge in [0.05, 0.1) is 13.2 Å². The summed E-state index contributed by atoms with van der Waals surface area (Å²) in [5.41, 5.74) is 3.63. The molecule has 0 aliphatic carbocycles. The lowest BCUT2D eigenvalue weighted by Crippen LogP contribution is -2.25. The number of phenols is 1. The third-order valence-electron chi connectivity index (χ3n) is 8.21. The highest BCUT2D eigenvalue weighted by Gasteiger charge is 2.33. The number of aromatic hydroxyl groups is 1. The third-order valence-corrected chi connectivity index (χ3v) is 8.21. The number of rotatable bonds is 13. The third kappa shape index (κ3) is 7.11. The Morgan fingerprint density at radius 1 is 0.763 bits per heavy atom. The molecule has 0 aromatic heterocycles. The molecule has 202 valence electrons. The Labute approximate surface area is 228 Å². The summed E-state index contributed by atoms with van der Waals surface area (Å²) in [5, 5.41) is 9.99. The molecule has 4 heteroatoms. The molecule has 38 heavy (non-hydrogen) atoms. The second kappa shape index (κ2) is 13.7. The van der Waals surface area contributed by atoms with Crippen molar-refractivity contribution >= 4 is 0 Å². The zero-order valence-electron chi connectivity index (χ0n) is 22.7. The van der Waals surface area contributed by atoms with Crippen molar-refractivity contribution in [2.75, 3.05) is 32.8 Å². The van der Waals surface area contributed by atoms with Crippen molar-refractivity contribution in [2.24, 2.45) is 0 Å². The van der Waals surface area contributed by atoms with E-state index in [-0.39, 0.29) is 17.6 Å². The molecule has 1 fully saturated rings. The van der Waals surface area contributed by atoms with E-state index in [4.69, 9.17) is 9.47 Å². The molecular formula is C34H43NO3. The average molecular weight is 514 g/mol. The lowest BCUT2D eigenvalue weighted by atomic mass is 9.76. The van der Waals surface area contributed by atoms with E-state index in [0.717, 1.165) is 30.1 Å². The summed E-state index contributed by atoms with van der Waals surface area (Å²) in [6.45, 7) is 5.32. The van der Waals surface area contributed by atoms with Crippen LogP contribution < -0.4 is 9.47 Å². The summed E-state index contributed by atoms with van der Waals surface area (Å²) < 4.78 is 12.2. The lowest BCUT2D eigenvalue weighted by molar-refractivity contribution is 0.247. The van der Waals surface area contributed by atoms with Crippen molar-refractivity contribution in [3.8, 4) is 17.2 Å². The maximum absolute atomic E-state index is 9.99. The molecule has 0 radical (unpaired) electrons. The van der Waals surface area contributed by atoms with Gasteiger partial charge in [0.1, 0.15) is 17.2 Å². The summed E-state index contributed by atoms with van der Waals surface area (Å²) >= 11 is 0. The Morgan fingerprint density at radius 2 is 1.47 bits per heavy atom. The van der Waals surface area contributed by atoms with Crippen LogP contribution in [0, 0.1) is 0 Å². The fourth-order valence-corrected chi connectivity index (χ4v) is 6.09. The van der Waals surface area contributed by atoms with Gasteiger partial charge in [-0.1, -0.05) is 80.6 Å². The molecule has 2 aliphatic heterocycles. The maximum atomic E-state index is 9.99. The first kappa shape index (κ1) is 26.6. The maximum Gasteiger partial charge on any atom is 0.126 e. The van der Waals surface area contributed by atoms with E-state index in [1.165, 1.54) is 82.1 Å². The van der Waals surface area contributed by atoms with Crippen molar-refractivity contribution in [3.05, 3.63) is 89.5 Å². The van der Waals surface area contributed by atoms with E-state index in [1.54, 1.807) is 12.1 Å². The Kier molecular flexibility index (Phi) is 9.60. The van der Waals surface area contributed by atoms with Gasteiger partial charge in [0.2, 0.25) is 0 Å². The standard InChI is InChI=1S/C34H43NO3/c36-29-17-20-31-33(25-29)38-26-32(27-13-7-6-8-14-27)34(31)28-15-18-30(19-16-28)37-24-12-5-3-1-2-4-9-21-35-22-10-11-23-35/h6-8,13-20,25,32,34,36H,1-5,9-12,21-24,26H2/t32-,34+/m1/s1. The fourth-order valence-electron chi connectivity index (χ4n) is 6.09. The number of hydrogen-bond donors (Lipinski definition) is 1. The first-order valence-corrected chi connectivity index (χ1v) is 14.7. The second-order valence-electron chi connectivity index (χ2n) is 11.0. The Balaban J connectivity index is 1.09. The number of hydrogen-bond acceptors (Lipinski definition) is 4. The Hall–Kier alpha value is -2.98. The molecule has 5 rings (SSSR count). The van der Waals surface area contributed by atoms with E-state index in [2.05, 4.69) is 59.5 Å². The monoisotopic (exact) mass is 513 g/mol. The summed E-state index contributed by atoms with van der Waals surface area (Å²) in [6, 6.07) is 24.7. The number of ether oxygens (including phenoxy) is 2. The molecule has 3 aromatic rings. The number of benzene rings is 3. The van der Waals surface area contributed by atoms with Gasteiger partial charge in [0.25, 0.3) is 0 Å². The minimum Gasteiger partial charge on any atom is -0.508 e. The lowest BCUT2D eigenvalue weighted by Gasteiger charge is -2.34. The summed E-state index contributed by atoms with van der Waals surface area (Å²) in [6.07, 6.45) is 11.9. The number of nitrogens with zero attached hydrogens (tertiary/aromatic N) is 1. The Morgan fingerprint density at radius 3 is 2.24 bits per heavy atom. The SMILES string of the molecule is Oc1ccc2c(c1)OC[C@H](c1ccccc1)[C@H]2c1ccc(OCCCCCCCCCN2CCCC2)cc1. The van der Waals surface area contributed by atoms with Crippen LogP contribution in [0.4, 0.5) is 0 Å². The number of unbranched alkanes of at least 4 members (excludes halogenated alkanes) is 6. The minimum absolute atomic E-state index is 0.158. The van der Waals surface area contributed by atoms with E-state index < -0.39 is 0 Å². The minimum atomic E-state index is 0.158. The van der Waals surface area contributed by atoms with E-state index in [1.807, 2.05) is 6.07 Å². The molecule has 1 N–H and O–H groups in total. The highest BCUT2D eigenvalue weighted by atomic mass is 16.5. The average Bonchev–Trinajstić information content (AvgIpc) is 3.48. The van der Waals surface area contributed by atoms with Gasteiger partial charge in [-0.3, -0.25) is 0 Å². The first-order valence-electron chi connectivity index (χ1n) is 14.7. The quantitative estimate of drug-likeness (QED) is 0.236. The van der Waals surface area contributed by atoms with Crippen LogP contribution in [0.15, 0.2) is 72.8 Å². The van der Waals surface area contributed by atoms with Gasteiger partial charge in [-0.05, 0) is 74.6 Å². The number of phenolic OH excluding ortho intramolecular Hbond substituents is 1.